The molecule has 2 fully saturated rings. The van der Waals surface area contributed by atoms with Gasteiger partial charge < -0.3 is 10.1 Å². The smallest absolute Gasteiger partial charge is 0.330 e. The number of hydrogen-bond donors (Lipinski definition) is 1. The molecule has 0 aromatic rings. The van der Waals surface area contributed by atoms with Crippen LogP contribution in [0.4, 0.5) is 17.6 Å². The molecule has 6 heteroatoms. The minimum atomic E-state index is -4.04. The summed E-state index contributed by atoms with van der Waals surface area (Å²) >= 11 is 0. The molecular formula is C12H19F4NO. The van der Waals surface area contributed by atoms with Gasteiger partial charge in [-0.15, -0.1) is 0 Å². The highest BCUT2D eigenvalue weighted by Crippen LogP contribution is 2.40. The van der Waals surface area contributed by atoms with Gasteiger partial charge in [-0.3, -0.25) is 0 Å². The van der Waals surface area contributed by atoms with Gasteiger partial charge in [-0.1, -0.05) is 0 Å². The quantitative estimate of drug-likeness (QED) is 0.684. The van der Waals surface area contributed by atoms with Gasteiger partial charge in [-0.05, 0) is 45.1 Å². The summed E-state index contributed by atoms with van der Waals surface area (Å²) in [4.78, 5) is 0. The van der Waals surface area contributed by atoms with Gasteiger partial charge in [0.1, 0.15) is 6.61 Å². The molecule has 18 heavy (non-hydrogen) atoms. The minimum absolute atomic E-state index is 0.560. The fraction of sp³-hybridized carbons (Fsp3) is 1.00. The molecule has 0 unspecified atom stereocenters. The topological polar surface area (TPSA) is 21.3 Å². The second-order valence-corrected chi connectivity index (χ2v) is 5.37. The van der Waals surface area contributed by atoms with E-state index < -0.39 is 24.6 Å². The van der Waals surface area contributed by atoms with Crippen molar-refractivity contribution in [1.29, 1.82) is 0 Å². The lowest BCUT2D eigenvalue weighted by molar-refractivity contribution is -0.211. The molecule has 0 aliphatic heterocycles. The highest BCUT2D eigenvalue weighted by Gasteiger charge is 2.46. The van der Waals surface area contributed by atoms with Crippen molar-refractivity contribution in [3.63, 3.8) is 0 Å². The Hall–Kier alpha value is -0.360. The molecule has 2 aliphatic rings. The Balaban J connectivity index is 1.73. The largest absolute Gasteiger partial charge is 0.368 e. The third kappa shape index (κ3) is 3.57. The maximum absolute atomic E-state index is 12.8. The van der Waals surface area contributed by atoms with Crippen molar-refractivity contribution in [2.24, 2.45) is 0 Å². The number of rotatable bonds is 8. The lowest BCUT2D eigenvalue weighted by Crippen LogP contribution is -2.46. The van der Waals surface area contributed by atoms with Crippen molar-refractivity contribution >= 4 is 0 Å². The number of hydrogen-bond acceptors (Lipinski definition) is 2. The maximum Gasteiger partial charge on any atom is 0.330 e. The molecule has 106 valence electrons. The molecule has 2 saturated carbocycles. The molecule has 0 aromatic carbocycles. The number of halogens is 4. The summed E-state index contributed by atoms with van der Waals surface area (Å²) in [6.07, 6.45) is 1.61. The maximum atomic E-state index is 12.8. The third-order valence-electron chi connectivity index (χ3n) is 3.75. The molecule has 0 atom stereocenters. The summed E-state index contributed by atoms with van der Waals surface area (Å²) in [5.41, 5.74) is -0.597. The van der Waals surface area contributed by atoms with Crippen molar-refractivity contribution in [2.45, 2.75) is 62.5 Å². The Morgan fingerprint density at radius 3 is 2.39 bits per heavy atom. The summed E-state index contributed by atoms with van der Waals surface area (Å²) in [5, 5.41) is 3.28. The van der Waals surface area contributed by atoms with Gasteiger partial charge >= 0.3 is 12.3 Å². The van der Waals surface area contributed by atoms with Crippen molar-refractivity contribution in [1.82, 2.24) is 5.32 Å². The van der Waals surface area contributed by atoms with E-state index in [-0.39, 0.29) is 0 Å². The van der Waals surface area contributed by atoms with E-state index in [4.69, 9.17) is 4.74 Å². The standard InChI is InChI=1S/C12H19F4NO/c13-10(14)12(15,16)8-18-11(4-1-5-11)6-7-17-9-2-3-9/h9-10,17H,1-8H2. The molecule has 0 spiro atoms. The first-order chi connectivity index (χ1) is 8.44. The molecule has 0 amide bonds. The average Bonchev–Trinajstić information content (AvgIpc) is 3.04. The summed E-state index contributed by atoms with van der Waals surface area (Å²) < 4.78 is 54.8. The van der Waals surface area contributed by atoms with E-state index in [1.807, 2.05) is 0 Å². The minimum Gasteiger partial charge on any atom is -0.368 e. The SMILES string of the molecule is FC(F)C(F)(F)COC1(CCNC2CC2)CCC1. The second kappa shape index (κ2) is 5.33. The highest BCUT2D eigenvalue weighted by atomic mass is 19.3. The molecule has 0 bridgehead atoms. The van der Waals surface area contributed by atoms with E-state index in [0.29, 0.717) is 31.8 Å². The summed E-state index contributed by atoms with van der Waals surface area (Å²) in [6, 6.07) is 0.560. The lowest BCUT2D eigenvalue weighted by atomic mass is 9.77. The van der Waals surface area contributed by atoms with E-state index in [1.54, 1.807) is 0 Å². The molecule has 2 rings (SSSR count). The van der Waals surface area contributed by atoms with Crippen LogP contribution in [0.15, 0.2) is 0 Å². The summed E-state index contributed by atoms with van der Waals surface area (Å²) in [5.74, 6) is -4.04. The molecule has 1 N–H and O–H groups in total. The van der Waals surface area contributed by atoms with Gasteiger partial charge in [-0.25, -0.2) is 8.78 Å². The second-order valence-electron chi connectivity index (χ2n) is 5.37. The normalized spacial score (nSPS) is 23.2. The Morgan fingerprint density at radius 2 is 1.94 bits per heavy atom. The Bertz CT molecular complexity index is 277. The zero-order valence-electron chi connectivity index (χ0n) is 10.2. The first kappa shape index (κ1) is 14.1. The first-order valence-electron chi connectivity index (χ1n) is 6.47. The summed E-state index contributed by atoms with van der Waals surface area (Å²) in [7, 11) is 0. The van der Waals surface area contributed by atoms with Gasteiger partial charge in [0.15, 0.2) is 0 Å². The molecular weight excluding hydrogens is 250 g/mol. The third-order valence-corrected chi connectivity index (χ3v) is 3.75. The van der Waals surface area contributed by atoms with E-state index in [1.165, 1.54) is 0 Å². The van der Waals surface area contributed by atoms with Crippen LogP contribution in [0, 0.1) is 0 Å². The van der Waals surface area contributed by atoms with Crippen LogP contribution >= 0.6 is 0 Å². The van der Waals surface area contributed by atoms with Crippen molar-refractivity contribution < 1.29 is 22.3 Å². The summed E-state index contributed by atoms with van der Waals surface area (Å²) in [6.45, 7) is -0.459. The van der Waals surface area contributed by atoms with Crippen LogP contribution < -0.4 is 5.32 Å². The van der Waals surface area contributed by atoms with E-state index in [9.17, 15) is 17.6 Å². The fourth-order valence-electron chi connectivity index (χ4n) is 2.14. The number of alkyl halides is 4. The predicted molar refractivity (Wildman–Crippen MR) is 59.1 cm³/mol. The Labute approximate surface area is 104 Å². The molecule has 0 radical (unpaired) electrons. The van der Waals surface area contributed by atoms with E-state index in [0.717, 1.165) is 19.3 Å². The molecule has 2 aliphatic carbocycles. The van der Waals surface area contributed by atoms with Crippen LogP contribution in [0.3, 0.4) is 0 Å². The van der Waals surface area contributed by atoms with Crippen LogP contribution in [0.25, 0.3) is 0 Å². The van der Waals surface area contributed by atoms with Gasteiger partial charge in [0.25, 0.3) is 0 Å². The van der Waals surface area contributed by atoms with Crippen molar-refractivity contribution in [2.75, 3.05) is 13.2 Å². The van der Waals surface area contributed by atoms with Gasteiger partial charge in [0.05, 0.1) is 5.60 Å². The van der Waals surface area contributed by atoms with Crippen molar-refractivity contribution in [3.8, 4) is 0 Å². The Kier molecular flexibility index (Phi) is 4.16. The van der Waals surface area contributed by atoms with Gasteiger partial charge in [0, 0.05) is 6.04 Å². The average molecular weight is 269 g/mol. The van der Waals surface area contributed by atoms with Crippen molar-refractivity contribution in [3.05, 3.63) is 0 Å². The van der Waals surface area contributed by atoms with E-state index >= 15 is 0 Å². The fourth-order valence-corrected chi connectivity index (χ4v) is 2.14. The zero-order valence-corrected chi connectivity index (χ0v) is 10.2. The zero-order chi connectivity index (χ0) is 13.2. The molecule has 0 saturated heterocycles. The number of ether oxygens (including phenoxy) is 1. The monoisotopic (exact) mass is 269 g/mol. The first-order valence-corrected chi connectivity index (χ1v) is 6.47. The van der Waals surface area contributed by atoms with Gasteiger partial charge in [-0.2, -0.15) is 8.78 Å². The van der Waals surface area contributed by atoms with Crippen LogP contribution in [0.1, 0.15) is 38.5 Å². The highest BCUT2D eigenvalue weighted by molar-refractivity contribution is 4.92. The predicted octanol–water partition coefficient (Wildman–Crippen LogP) is 2.97. The van der Waals surface area contributed by atoms with Gasteiger partial charge in [0.2, 0.25) is 0 Å². The van der Waals surface area contributed by atoms with Crippen LogP contribution in [0.5, 0.6) is 0 Å². The van der Waals surface area contributed by atoms with E-state index in [2.05, 4.69) is 5.32 Å². The molecule has 2 nitrogen and oxygen atoms in total. The lowest BCUT2D eigenvalue weighted by Gasteiger charge is -2.42. The number of nitrogens with one attached hydrogen (secondary N) is 1. The van der Waals surface area contributed by atoms with Crippen LogP contribution in [-0.4, -0.2) is 37.1 Å². The van der Waals surface area contributed by atoms with Crippen LogP contribution in [-0.2, 0) is 4.74 Å². The molecule has 0 aromatic heterocycles. The van der Waals surface area contributed by atoms with Crippen LogP contribution in [0.2, 0.25) is 0 Å². The Morgan fingerprint density at radius 1 is 1.28 bits per heavy atom. The molecule has 0 heterocycles.